The Kier molecular flexibility index (Phi) is 5.61. The van der Waals surface area contributed by atoms with Crippen LogP contribution in [0.4, 0.5) is 0 Å². The number of aliphatic hydroxyl groups is 1. The lowest BCUT2D eigenvalue weighted by Gasteiger charge is -2.20. The molecule has 0 amide bonds. The first-order chi connectivity index (χ1) is 5.99. The van der Waals surface area contributed by atoms with Crippen LogP contribution in [0, 0.1) is 5.92 Å². The zero-order valence-corrected chi connectivity index (χ0v) is 8.03. The molecule has 0 aromatic rings. The summed E-state index contributed by atoms with van der Waals surface area (Å²) >= 11 is 0. The summed E-state index contributed by atoms with van der Waals surface area (Å²) in [4.78, 5) is 10.3. The van der Waals surface area contributed by atoms with Crippen LogP contribution in [0.3, 0.4) is 0 Å². The van der Waals surface area contributed by atoms with E-state index in [0.29, 0.717) is 0 Å². The number of nitrogens with two attached hydrogens (primary N) is 1. The zero-order chi connectivity index (χ0) is 10.4. The van der Waals surface area contributed by atoms with Gasteiger partial charge in [-0.1, -0.05) is 13.8 Å². The van der Waals surface area contributed by atoms with Gasteiger partial charge in [0, 0.05) is 12.6 Å². The summed E-state index contributed by atoms with van der Waals surface area (Å²) < 4.78 is 0. The molecule has 0 saturated heterocycles. The summed E-state index contributed by atoms with van der Waals surface area (Å²) in [6.45, 7) is 4.06. The number of rotatable bonds is 6. The van der Waals surface area contributed by atoms with Crippen molar-refractivity contribution < 1.29 is 15.0 Å². The van der Waals surface area contributed by atoms with E-state index < -0.39 is 12.0 Å². The van der Waals surface area contributed by atoms with Gasteiger partial charge in [0.25, 0.3) is 0 Å². The molecule has 2 atom stereocenters. The molecule has 5 heteroatoms. The van der Waals surface area contributed by atoms with Gasteiger partial charge in [0.1, 0.15) is 6.04 Å². The Labute approximate surface area is 77.9 Å². The largest absolute Gasteiger partial charge is 0.480 e. The monoisotopic (exact) mass is 190 g/mol. The van der Waals surface area contributed by atoms with Crippen molar-refractivity contribution in [3.05, 3.63) is 0 Å². The van der Waals surface area contributed by atoms with Crippen molar-refractivity contribution in [2.24, 2.45) is 11.7 Å². The highest BCUT2D eigenvalue weighted by Gasteiger charge is 2.16. The van der Waals surface area contributed by atoms with E-state index in [-0.39, 0.29) is 25.1 Å². The van der Waals surface area contributed by atoms with Gasteiger partial charge >= 0.3 is 5.97 Å². The van der Waals surface area contributed by atoms with Crippen molar-refractivity contribution in [1.82, 2.24) is 5.32 Å². The Bertz CT molecular complexity index is 161. The molecule has 0 radical (unpaired) electrons. The van der Waals surface area contributed by atoms with Gasteiger partial charge in [-0.3, -0.25) is 4.79 Å². The number of carboxylic acids is 1. The van der Waals surface area contributed by atoms with Crippen molar-refractivity contribution in [3.8, 4) is 0 Å². The highest BCUT2D eigenvalue weighted by Crippen LogP contribution is 1.99. The molecule has 0 saturated carbocycles. The Morgan fingerprint density at radius 3 is 2.38 bits per heavy atom. The molecule has 0 aromatic carbocycles. The first-order valence-corrected chi connectivity index (χ1v) is 4.31. The zero-order valence-electron chi connectivity index (χ0n) is 8.03. The number of hydrogen-bond acceptors (Lipinski definition) is 4. The topological polar surface area (TPSA) is 95.6 Å². The second kappa shape index (κ2) is 5.90. The molecule has 0 aliphatic carbocycles. The minimum Gasteiger partial charge on any atom is -0.480 e. The maximum atomic E-state index is 10.3. The van der Waals surface area contributed by atoms with E-state index in [4.69, 9.17) is 15.9 Å². The van der Waals surface area contributed by atoms with Crippen LogP contribution in [0.2, 0.25) is 0 Å². The van der Waals surface area contributed by atoms with Crippen LogP contribution < -0.4 is 11.1 Å². The third-order valence-corrected chi connectivity index (χ3v) is 1.92. The molecule has 0 aliphatic rings. The lowest BCUT2D eigenvalue weighted by Crippen LogP contribution is -2.46. The van der Waals surface area contributed by atoms with Gasteiger partial charge in [-0.15, -0.1) is 0 Å². The van der Waals surface area contributed by atoms with E-state index in [2.05, 4.69) is 5.32 Å². The third kappa shape index (κ3) is 4.82. The molecule has 0 rings (SSSR count). The predicted molar refractivity (Wildman–Crippen MR) is 49.3 cm³/mol. The summed E-state index contributed by atoms with van der Waals surface area (Å²) in [5.74, 6) is -0.779. The average molecular weight is 190 g/mol. The third-order valence-electron chi connectivity index (χ3n) is 1.92. The number of aliphatic carboxylic acids is 1. The van der Waals surface area contributed by atoms with Gasteiger partial charge in [0.05, 0.1) is 6.61 Å². The standard InChI is InChI=1S/C8H18N2O3/c1-5(2)7(4-11)10-3-6(9)8(12)13/h5-7,10-11H,3-4,9H2,1-2H3,(H,12,13). The van der Waals surface area contributed by atoms with Crippen molar-refractivity contribution in [1.29, 1.82) is 0 Å². The van der Waals surface area contributed by atoms with Crippen molar-refractivity contribution in [3.63, 3.8) is 0 Å². The smallest absolute Gasteiger partial charge is 0.321 e. The van der Waals surface area contributed by atoms with Crippen molar-refractivity contribution >= 4 is 5.97 Å². The molecule has 5 nitrogen and oxygen atoms in total. The normalized spacial score (nSPS) is 15.8. The summed E-state index contributed by atoms with van der Waals surface area (Å²) in [5, 5.41) is 20.3. The number of hydrogen-bond donors (Lipinski definition) is 4. The molecule has 0 bridgehead atoms. The fourth-order valence-corrected chi connectivity index (χ4v) is 0.877. The van der Waals surface area contributed by atoms with Crippen molar-refractivity contribution in [2.75, 3.05) is 13.2 Å². The summed E-state index contributed by atoms with van der Waals surface area (Å²) in [7, 11) is 0. The minimum absolute atomic E-state index is 0.00991. The molecule has 0 aromatic heterocycles. The average Bonchev–Trinajstić information content (AvgIpc) is 2.04. The first-order valence-electron chi connectivity index (χ1n) is 4.31. The lowest BCUT2D eigenvalue weighted by atomic mass is 10.1. The van der Waals surface area contributed by atoms with Crippen LogP contribution in [-0.2, 0) is 4.79 Å². The highest BCUT2D eigenvalue weighted by molar-refractivity contribution is 5.73. The second-order valence-corrected chi connectivity index (χ2v) is 3.39. The highest BCUT2D eigenvalue weighted by atomic mass is 16.4. The molecular formula is C8H18N2O3. The number of nitrogens with one attached hydrogen (secondary N) is 1. The second-order valence-electron chi connectivity index (χ2n) is 3.39. The fourth-order valence-electron chi connectivity index (χ4n) is 0.877. The Balaban J connectivity index is 3.78. The molecule has 0 spiro atoms. The molecular weight excluding hydrogens is 172 g/mol. The predicted octanol–water partition coefficient (Wildman–Crippen LogP) is -0.995. The maximum Gasteiger partial charge on any atom is 0.321 e. The van der Waals surface area contributed by atoms with Crippen LogP contribution in [0.25, 0.3) is 0 Å². The number of carbonyl (C=O) groups is 1. The molecule has 2 unspecified atom stereocenters. The molecule has 0 aliphatic heterocycles. The van der Waals surface area contributed by atoms with Gasteiger partial charge in [-0.25, -0.2) is 0 Å². The summed E-state index contributed by atoms with van der Waals surface area (Å²) in [6.07, 6.45) is 0. The minimum atomic E-state index is -1.03. The molecule has 5 N–H and O–H groups in total. The van der Waals surface area contributed by atoms with E-state index in [1.54, 1.807) is 0 Å². The van der Waals surface area contributed by atoms with Crippen LogP contribution >= 0.6 is 0 Å². The van der Waals surface area contributed by atoms with Gasteiger partial charge in [-0.2, -0.15) is 0 Å². The molecule has 13 heavy (non-hydrogen) atoms. The van der Waals surface area contributed by atoms with Crippen molar-refractivity contribution in [2.45, 2.75) is 25.9 Å². The Morgan fingerprint density at radius 2 is 2.08 bits per heavy atom. The molecule has 78 valence electrons. The van der Waals surface area contributed by atoms with E-state index in [0.717, 1.165) is 0 Å². The van der Waals surface area contributed by atoms with Crippen LogP contribution in [0.5, 0.6) is 0 Å². The van der Waals surface area contributed by atoms with E-state index in [9.17, 15) is 4.79 Å². The lowest BCUT2D eigenvalue weighted by molar-refractivity contribution is -0.138. The summed E-state index contributed by atoms with van der Waals surface area (Å²) in [5.41, 5.74) is 5.28. The van der Waals surface area contributed by atoms with Gasteiger partial charge in [-0.05, 0) is 5.92 Å². The van der Waals surface area contributed by atoms with Crippen LogP contribution in [0.1, 0.15) is 13.8 Å². The Hall–Kier alpha value is -0.650. The Morgan fingerprint density at radius 1 is 1.54 bits per heavy atom. The van der Waals surface area contributed by atoms with Gasteiger partial charge < -0.3 is 21.3 Å². The number of carboxylic acid groups (broad SMARTS) is 1. The van der Waals surface area contributed by atoms with E-state index >= 15 is 0 Å². The summed E-state index contributed by atoms with van der Waals surface area (Å²) in [6, 6.07) is -1.00. The first kappa shape index (κ1) is 12.3. The SMILES string of the molecule is CC(C)C(CO)NCC(N)C(=O)O. The molecule has 0 fully saturated rings. The quantitative estimate of drug-likeness (QED) is 0.431. The van der Waals surface area contributed by atoms with Crippen LogP contribution in [0.15, 0.2) is 0 Å². The van der Waals surface area contributed by atoms with E-state index in [1.165, 1.54) is 0 Å². The van der Waals surface area contributed by atoms with E-state index in [1.807, 2.05) is 13.8 Å². The number of aliphatic hydroxyl groups excluding tert-OH is 1. The fraction of sp³-hybridized carbons (Fsp3) is 0.875. The van der Waals surface area contributed by atoms with Gasteiger partial charge in [0.15, 0.2) is 0 Å². The molecule has 0 heterocycles. The maximum absolute atomic E-state index is 10.3. The van der Waals surface area contributed by atoms with Gasteiger partial charge in [0.2, 0.25) is 0 Å². The van der Waals surface area contributed by atoms with Crippen LogP contribution in [-0.4, -0.2) is 41.4 Å².